The van der Waals surface area contributed by atoms with Gasteiger partial charge in [0.15, 0.2) is 9.84 Å². The van der Waals surface area contributed by atoms with Crippen LogP contribution in [0.15, 0.2) is 28.5 Å². The first kappa shape index (κ1) is 10.1. The summed E-state index contributed by atoms with van der Waals surface area (Å²) in [5, 5.41) is 4.69. The number of hydrogen-bond donors (Lipinski definition) is 1. The summed E-state index contributed by atoms with van der Waals surface area (Å²) in [5.41, 5.74) is 2.02. The van der Waals surface area contributed by atoms with Gasteiger partial charge in [0.1, 0.15) is 0 Å². The smallest absolute Gasteiger partial charge is 0.200 e. The van der Waals surface area contributed by atoms with E-state index in [0.29, 0.717) is 10.9 Å². The number of rotatable bonds is 1. The number of sulfone groups is 1. The van der Waals surface area contributed by atoms with E-state index < -0.39 is 9.84 Å². The van der Waals surface area contributed by atoms with Gasteiger partial charge in [0.2, 0.25) is 0 Å². The molecule has 0 bridgehead atoms. The van der Waals surface area contributed by atoms with Crippen molar-refractivity contribution in [2.24, 2.45) is 0 Å². The fraction of sp³-hybridized carbons (Fsp3) is 0.333. The summed E-state index contributed by atoms with van der Waals surface area (Å²) in [5.74, 6) is 0. The van der Waals surface area contributed by atoms with E-state index in [9.17, 15) is 8.42 Å². The molecule has 1 fully saturated rings. The lowest BCUT2D eigenvalue weighted by Gasteiger charge is -2.11. The number of nitrogens with one attached hydrogen (secondary N) is 1. The minimum absolute atomic E-state index is 0.391. The summed E-state index contributed by atoms with van der Waals surface area (Å²) >= 11 is 0. The van der Waals surface area contributed by atoms with Crippen LogP contribution < -0.4 is 5.32 Å². The van der Waals surface area contributed by atoms with Crippen LogP contribution in [0, 0.1) is 0 Å². The average molecular weight is 235 g/mol. The van der Waals surface area contributed by atoms with Gasteiger partial charge < -0.3 is 5.32 Å². The normalized spacial score (nSPS) is 25.9. The van der Waals surface area contributed by atoms with Gasteiger partial charge in [-0.3, -0.25) is 0 Å². The van der Waals surface area contributed by atoms with Gasteiger partial charge in [0.05, 0.1) is 4.90 Å². The van der Waals surface area contributed by atoms with E-state index in [1.54, 1.807) is 12.1 Å². The molecular weight excluding hydrogens is 222 g/mol. The molecule has 3 nitrogen and oxygen atoms in total. The van der Waals surface area contributed by atoms with Crippen LogP contribution in [0.4, 0.5) is 0 Å². The number of benzene rings is 1. The van der Waals surface area contributed by atoms with Gasteiger partial charge in [0, 0.05) is 11.4 Å². The quantitative estimate of drug-likeness (QED) is 0.808. The van der Waals surface area contributed by atoms with Gasteiger partial charge in [-0.05, 0) is 48.7 Å². The molecule has 0 spiro atoms. The third-order valence-electron chi connectivity index (χ3n) is 3.23. The third-order valence-corrected chi connectivity index (χ3v) is 4.71. The molecule has 0 aliphatic carbocycles. The highest BCUT2D eigenvalue weighted by Gasteiger charge is 2.23. The molecule has 1 aromatic rings. The Kier molecular flexibility index (Phi) is 2.16. The summed E-state index contributed by atoms with van der Waals surface area (Å²) in [7, 11) is -3.15. The maximum absolute atomic E-state index is 11.6. The van der Waals surface area contributed by atoms with Gasteiger partial charge in [-0.25, -0.2) is 8.42 Å². The largest absolute Gasteiger partial charge is 0.310 e. The van der Waals surface area contributed by atoms with Crippen LogP contribution in [0.2, 0.25) is 0 Å². The van der Waals surface area contributed by atoms with Crippen LogP contribution >= 0.6 is 0 Å². The Balaban J connectivity index is 2.04. The lowest BCUT2D eigenvalue weighted by atomic mass is 10.0. The highest BCUT2D eigenvalue weighted by Crippen LogP contribution is 2.31. The summed E-state index contributed by atoms with van der Waals surface area (Å²) in [4.78, 5) is 0.439. The SMILES string of the molecule is O=S1(=O)C=Cc2cc(C3CCCN3)ccc21. The van der Waals surface area contributed by atoms with E-state index in [2.05, 4.69) is 5.32 Å². The summed E-state index contributed by atoms with van der Waals surface area (Å²) in [6, 6.07) is 6.02. The van der Waals surface area contributed by atoms with Crippen LogP contribution in [0.1, 0.15) is 30.0 Å². The zero-order chi connectivity index (χ0) is 11.2. The highest BCUT2D eigenvalue weighted by molar-refractivity contribution is 7.94. The van der Waals surface area contributed by atoms with Crippen LogP contribution in [0.3, 0.4) is 0 Å². The lowest BCUT2D eigenvalue weighted by molar-refractivity contribution is 0.605. The molecule has 0 aromatic heterocycles. The predicted octanol–water partition coefficient (Wildman–Crippen LogP) is 1.87. The monoisotopic (exact) mass is 235 g/mol. The molecule has 2 aliphatic heterocycles. The molecular formula is C12H13NO2S. The first-order chi connectivity index (χ1) is 7.67. The van der Waals surface area contributed by atoms with Gasteiger partial charge in [0.25, 0.3) is 0 Å². The second-order valence-corrected chi connectivity index (χ2v) is 6.10. The zero-order valence-electron chi connectivity index (χ0n) is 8.81. The molecule has 1 aromatic carbocycles. The molecule has 3 rings (SSSR count). The molecule has 0 radical (unpaired) electrons. The molecule has 84 valence electrons. The molecule has 0 amide bonds. The molecule has 1 N–H and O–H groups in total. The summed E-state index contributed by atoms with van der Waals surface area (Å²) < 4.78 is 23.2. The average Bonchev–Trinajstić information content (AvgIpc) is 2.87. The van der Waals surface area contributed by atoms with E-state index in [1.165, 1.54) is 17.4 Å². The maximum Gasteiger partial charge on any atom is 0.200 e. The minimum atomic E-state index is -3.15. The van der Waals surface area contributed by atoms with Gasteiger partial charge in [-0.2, -0.15) is 0 Å². The van der Waals surface area contributed by atoms with Crippen molar-refractivity contribution >= 4 is 15.9 Å². The van der Waals surface area contributed by atoms with E-state index in [1.807, 2.05) is 12.1 Å². The Labute approximate surface area is 95.1 Å². The van der Waals surface area contributed by atoms with Crippen molar-refractivity contribution < 1.29 is 8.42 Å². The van der Waals surface area contributed by atoms with E-state index in [4.69, 9.17) is 0 Å². The number of hydrogen-bond acceptors (Lipinski definition) is 3. The maximum atomic E-state index is 11.6. The van der Waals surface area contributed by atoms with Crippen molar-refractivity contribution in [2.75, 3.05) is 6.54 Å². The standard InChI is InChI=1S/C12H13NO2S/c14-16(15)7-5-10-8-9(3-4-12(10)16)11-2-1-6-13-11/h3-5,7-8,11,13H,1-2,6H2. The Morgan fingerprint density at radius 2 is 2.19 bits per heavy atom. The topological polar surface area (TPSA) is 46.2 Å². The molecule has 2 heterocycles. The van der Waals surface area contributed by atoms with Crippen molar-refractivity contribution in [3.63, 3.8) is 0 Å². The van der Waals surface area contributed by atoms with Crippen molar-refractivity contribution in [2.45, 2.75) is 23.8 Å². The van der Waals surface area contributed by atoms with Crippen LogP contribution in [-0.2, 0) is 9.84 Å². The van der Waals surface area contributed by atoms with Crippen molar-refractivity contribution in [3.8, 4) is 0 Å². The predicted molar refractivity (Wildman–Crippen MR) is 62.6 cm³/mol. The Morgan fingerprint density at radius 3 is 2.94 bits per heavy atom. The Morgan fingerprint density at radius 1 is 1.31 bits per heavy atom. The van der Waals surface area contributed by atoms with E-state index in [0.717, 1.165) is 18.5 Å². The highest BCUT2D eigenvalue weighted by atomic mass is 32.2. The van der Waals surface area contributed by atoms with Gasteiger partial charge in [-0.15, -0.1) is 0 Å². The lowest BCUT2D eigenvalue weighted by Crippen LogP contribution is -2.13. The van der Waals surface area contributed by atoms with E-state index >= 15 is 0 Å². The van der Waals surface area contributed by atoms with Crippen molar-refractivity contribution in [1.82, 2.24) is 5.32 Å². The molecule has 1 saturated heterocycles. The first-order valence-corrected chi connectivity index (χ1v) is 7.02. The van der Waals surface area contributed by atoms with Crippen LogP contribution in [0.5, 0.6) is 0 Å². The van der Waals surface area contributed by atoms with Crippen molar-refractivity contribution in [3.05, 3.63) is 34.7 Å². The molecule has 16 heavy (non-hydrogen) atoms. The Bertz CT molecular complexity index is 554. The second kappa shape index (κ2) is 3.43. The molecule has 1 atom stereocenters. The molecule has 4 heteroatoms. The number of fused-ring (bicyclic) bond motifs is 1. The third kappa shape index (κ3) is 1.49. The first-order valence-electron chi connectivity index (χ1n) is 5.47. The van der Waals surface area contributed by atoms with Crippen LogP contribution in [0.25, 0.3) is 6.08 Å². The molecule has 1 unspecified atom stereocenters. The minimum Gasteiger partial charge on any atom is -0.310 e. The Hall–Kier alpha value is -1.13. The van der Waals surface area contributed by atoms with Gasteiger partial charge in [-0.1, -0.05) is 6.07 Å². The fourth-order valence-corrected chi connectivity index (χ4v) is 3.56. The molecule has 2 aliphatic rings. The van der Waals surface area contributed by atoms with Crippen LogP contribution in [-0.4, -0.2) is 15.0 Å². The zero-order valence-corrected chi connectivity index (χ0v) is 9.63. The van der Waals surface area contributed by atoms with Gasteiger partial charge >= 0.3 is 0 Å². The second-order valence-electron chi connectivity index (χ2n) is 4.29. The summed E-state index contributed by atoms with van der Waals surface area (Å²) in [6.07, 6.45) is 4.01. The van der Waals surface area contributed by atoms with Crippen molar-refractivity contribution in [1.29, 1.82) is 0 Å². The molecule has 0 saturated carbocycles. The fourth-order valence-electron chi connectivity index (χ4n) is 2.38. The van der Waals surface area contributed by atoms with E-state index in [-0.39, 0.29) is 0 Å². The summed E-state index contributed by atoms with van der Waals surface area (Å²) in [6.45, 7) is 1.05.